The summed E-state index contributed by atoms with van der Waals surface area (Å²) in [5.74, 6) is -0.186. The lowest BCUT2D eigenvalue weighted by Crippen LogP contribution is -2.10. The minimum atomic E-state index is -1.31. The molecule has 0 saturated heterocycles. The highest BCUT2D eigenvalue weighted by molar-refractivity contribution is 7.84. The van der Waals surface area contributed by atoms with Crippen molar-refractivity contribution in [2.45, 2.75) is 10.6 Å². The van der Waals surface area contributed by atoms with E-state index >= 15 is 0 Å². The second-order valence-electron chi connectivity index (χ2n) is 5.17. The van der Waals surface area contributed by atoms with Gasteiger partial charge in [0.05, 0.1) is 16.6 Å². The highest BCUT2D eigenvalue weighted by Gasteiger charge is 2.14. The highest BCUT2D eigenvalue weighted by atomic mass is 35.5. The van der Waals surface area contributed by atoms with Gasteiger partial charge < -0.3 is 9.73 Å². The van der Waals surface area contributed by atoms with Gasteiger partial charge in [-0.15, -0.1) is 0 Å². The molecule has 0 aliphatic rings. The first kappa shape index (κ1) is 17.4. The van der Waals surface area contributed by atoms with Crippen molar-refractivity contribution in [3.8, 4) is 0 Å². The van der Waals surface area contributed by atoms with Gasteiger partial charge in [-0.1, -0.05) is 11.6 Å². The van der Waals surface area contributed by atoms with Crippen molar-refractivity contribution in [2.24, 2.45) is 0 Å². The summed E-state index contributed by atoms with van der Waals surface area (Å²) in [4.78, 5) is 12.7. The molecule has 25 heavy (non-hydrogen) atoms. The molecule has 0 unspecified atom stereocenters. The van der Waals surface area contributed by atoms with Gasteiger partial charge in [-0.25, -0.2) is 4.39 Å². The van der Waals surface area contributed by atoms with Gasteiger partial charge >= 0.3 is 0 Å². The number of furan rings is 1. The number of benzene rings is 2. The molecule has 0 aliphatic heterocycles. The van der Waals surface area contributed by atoms with Crippen molar-refractivity contribution in [1.82, 2.24) is 0 Å². The molecule has 0 spiro atoms. The zero-order valence-electron chi connectivity index (χ0n) is 12.9. The molecule has 0 bridgehead atoms. The van der Waals surface area contributed by atoms with Crippen LogP contribution in [0.5, 0.6) is 0 Å². The minimum absolute atomic E-state index is 0.0902. The monoisotopic (exact) mass is 377 g/mol. The van der Waals surface area contributed by atoms with Crippen LogP contribution >= 0.6 is 11.6 Å². The van der Waals surface area contributed by atoms with Crippen molar-refractivity contribution in [3.05, 3.63) is 83.0 Å². The summed E-state index contributed by atoms with van der Waals surface area (Å²) < 4.78 is 30.6. The molecule has 3 aromatic rings. The maximum Gasteiger partial charge on any atom is 0.291 e. The van der Waals surface area contributed by atoms with E-state index < -0.39 is 16.7 Å². The first-order chi connectivity index (χ1) is 12.0. The van der Waals surface area contributed by atoms with E-state index in [-0.39, 0.29) is 17.3 Å². The van der Waals surface area contributed by atoms with Crippen LogP contribution in [-0.2, 0) is 16.6 Å². The molecule has 1 N–H and O–H groups in total. The number of anilines is 1. The Kier molecular flexibility index (Phi) is 5.31. The van der Waals surface area contributed by atoms with E-state index in [1.54, 1.807) is 30.3 Å². The van der Waals surface area contributed by atoms with Crippen molar-refractivity contribution >= 4 is 34.0 Å². The molecule has 7 heteroatoms. The lowest BCUT2D eigenvalue weighted by molar-refractivity contribution is 0.0995. The van der Waals surface area contributed by atoms with Gasteiger partial charge in [0, 0.05) is 15.6 Å². The van der Waals surface area contributed by atoms with Crippen LogP contribution in [-0.4, -0.2) is 10.1 Å². The average Bonchev–Trinajstić information content (AvgIpc) is 3.06. The molecule has 0 saturated carbocycles. The van der Waals surface area contributed by atoms with E-state index in [1.165, 1.54) is 30.3 Å². The van der Waals surface area contributed by atoms with Gasteiger partial charge in [0.15, 0.2) is 5.76 Å². The summed E-state index contributed by atoms with van der Waals surface area (Å²) in [6.07, 6.45) is 0. The van der Waals surface area contributed by atoms with Crippen LogP contribution in [0, 0.1) is 5.82 Å². The fraction of sp³-hybridized carbons (Fsp3) is 0.0556. The molecule has 0 radical (unpaired) electrons. The van der Waals surface area contributed by atoms with E-state index in [2.05, 4.69) is 5.32 Å². The fourth-order valence-corrected chi connectivity index (χ4v) is 3.25. The molecule has 0 fully saturated rings. The first-order valence-electron chi connectivity index (χ1n) is 7.31. The first-order valence-corrected chi connectivity index (χ1v) is 9.00. The van der Waals surface area contributed by atoms with Crippen LogP contribution in [0.1, 0.15) is 16.3 Å². The second-order valence-corrected chi connectivity index (χ2v) is 7.06. The summed E-state index contributed by atoms with van der Waals surface area (Å²) >= 11 is 5.81. The molecule has 4 nitrogen and oxygen atoms in total. The van der Waals surface area contributed by atoms with Crippen LogP contribution in [0.15, 0.2) is 70.0 Å². The largest absolute Gasteiger partial charge is 0.455 e. The zero-order valence-corrected chi connectivity index (χ0v) is 14.4. The molecule has 3 rings (SSSR count). The second kappa shape index (κ2) is 7.63. The van der Waals surface area contributed by atoms with Crippen molar-refractivity contribution in [3.63, 3.8) is 0 Å². The molecule has 1 aromatic heterocycles. The quantitative estimate of drug-likeness (QED) is 0.705. The molecular formula is C18H13ClFNO3S. The van der Waals surface area contributed by atoms with Crippen LogP contribution in [0.2, 0.25) is 5.02 Å². The molecular weight excluding hydrogens is 365 g/mol. The van der Waals surface area contributed by atoms with Crippen molar-refractivity contribution in [2.75, 3.05) is 5.32 Å². The smallest absolute Gasteiger partial charge is 0.291 e. The molecule has 1 heterocycles. The number of amides is 1. The molecule has 1 amide bonds. The third-order valence-electron chi connectivity index (χ3n) is 3.34. The SMILES string of the molecule is O=C(Nc1ccc(F)cc1)c1ccc(C[S@@](=O)c2ccc(Cl)cc2)o1. The van der Waals surface area contributed by atoms with Gasteiger partial charge in [0.25, 0.3) is 5.91 Å². The number of nitrogens with one attached hydrogen (secondary N) is 1. The molecule has 1 atom stereocenters. The van der Waals surface area contributed by atoms with Gasteiger partial charge in [-0.3, -0.25) is 9.00 Å². The zero-order chi connectivity index (χ0) is 17.8. The Bertz CT molecular complexity index is 907. The third kappa shape index (κ3) is 4.55. The lowest BCUT2D eigenvalue weighted by atomic mass is 10.3. The average molecular weight is 378 g/mol. The summed E-state index contributed by atoms with van der Waals surface area (Å²) in [7, 11) is -1.31. The number of halogens is 2. The van der Waals surface area contributed by atoms with E-state index in [4.69, 9.17) is 16.0 Å². The Morgan fingerprint density at radius 1 is 1.04 bits per heavy atom. The Labute approximate surface area is 151 Å². The topological polar surface area (TPSA) is 59.3 Å². The molecule has 2 aromatic carbocycles. The number of carbonyl (C=O) groups excluding carboxylic acids is 1. The number of hydrogen-bond acceptors (Lipinski definition) is 3. The van der Waals surface area contributed by atoms with Crippen molar-refractivity contribution < 1.29 is 17.8 Å². The molecule has 128 valence electrons. The number of carbonyl (C=O) groups is 1. The normalized spacial score (nSPS) is 11.9. The maximum absolute atomic E-state index is 12.9. The standard InChI is InChI=1S/C18H13ClFNO3S/c19-12-1-8-16(9-2-12)25(23)11-15-7-10-17(24-15)18(22)21-14-5-3-13(20)4-6-14/h1-10H,11H2,(H,21,22)/t25-/m1/s1. The number of hydrogen-bond donors (Lipinski definition) is 1. The summed E-state index contributed by atoms with van der Waals surface area (Å²) in [6, 6.07) is 15.2. The van der Waals surface area contributed by atoms with Crippen LogP contribution in [0.25, 0.3) is 0 Å². The fourth-order valence-electron chi connectivity index (χ4n) is 2.10. The predicted octanol–water partition coefficient (Wildman–Crippen LogP) is 4.63. The van der Waals surface area contributed by atoms with Crippen LogP contribution in [0.4, 0.5) is 10.1 Å². The Hall–Kier alpha value is -2.44. The lowest BCUT2D eigenvalue weighted by Gasteiger charge is -2.03. The Balaban J connectivity index is 1.65. The van der Waals surface area contributed by atoms with E-state index in [0.717, 1.165) is 0 Å². The predicted molar refractivity (Wildman–Crippen MR) is 94.6 cm³/mol. The summed E-state index contributed by atoms with van der Waals surface area (Å²) in [6.45, 7) is 0. The Morgan fingerprint density at radius 3 is 2.40 bits per heavy atom. The van der Waals surface area contributed by atoms with Gasteiger partial charge in [0.1, 0.15) is 11.6 Å². The van der Waals surface area contributed by atoms with Gasteiger partial charge in [-0.2, -0.15) is 0 Å². The third-order valence-corrected chi connectivity index (χ3v) is 4.93. The van der Waals surface area contributed by atoms with Crippen LogP contribution < -0.4 is 5.32 Å². The van der Waals surface area contributed by atoms with Gasteiger partial charge in [0.2, 0.25) is 0 Å². The maximum atomic E-state index is 12.9. The highest BCUT2D eigenvalue weighted by Crippen LogP contribution is 2.18. The van der Waals surface area contributed by atoms with Crippen molar-refractivity contribution in [1.29, 1.82) is 0 Å². The molecule has 0 aliphatic carbocycles. The van der Waals surface area contributed by atoms with E-state index in [0.29, 0.717) is 21.4 Å². The Morgan fingerprint density at radius 2 is 1.72 bits per heavy atom. The summed E-state index contributed by atoms with van der Waals surface area (Å²) in [5, 5.41) is 3.17. The van der Waals surface area contributed by atoms with E-state index in [9.17, 15) is 13.4 Å². The number of rotatable bonds is 5. The van der Waals surface area contributed by atoms with Crippen LogP contribution in [0.3, 0.4) is 0 Å². The summed E-state index contributed by atoms with van der Waals surface area (Å²) in [5.41, 5.74) is 0.453. The van der Waals surface area contributed by atoms with Gasteiger partial charge in [-0.05, 0) is 60.7 Å². The minimum Gasteiger partial charge on any atom is -0.455 e. The van der Waals surface area contributed by atoms with E-state index in [1.807, 2.05) is 0 Å².